The van der Waals surface area contributed by atoms with Crippen LogP contribution in [0.3, 0.4) is 0 Å². The molecule has 0 N–H and O–H groups in total. The van der Waals surface area contributed by atoms with Gasteiger partial charge in [0.05, 0.1) is 12.7 Å². The lowest BCUT2D eigenvalue weighted by Gasteiger charge is -2.07. The van der Waals surface area contributed by atoms with Crippen LogP contribution < -0.4 is 5.59 Å². The molecule has 18 heavy (non-hydrogen) atoms. The first kappa shape index (κ1) is 11.4. The van der Waals surface area contributed by atoms with Gasteiger partial charge in [0, 0.05) is 18.0 Å². The lowest BCUT2D eigenvalue weighted by atomic mass is 10.00. The SMILES string of the molecule is [B]c1cc2c(C3CC3)cc(C(=O)OC)cc2n1C. The first-order valence-electron chi connectivity index (χ1n) is 6.09. The highest BCUT2D eigenvalue weighted by molar-refractivity contribution is 6.32. The van der Waals surface area contributed by atoms with E-state index in [9.17, 15) is 4.79 Å². The van der Waals surface area contributed by atoms with E-state index in [2.05, 4.69) is 0 Å². The quantitative estimate of drug-likeness (QED) is 0.589. The fourth-order valence-electron chi connectivity index (χ4n) is 2.45. The number of methoxy groups -OCH3 is 1. The summed E-state index contributed by atoms with van der Waals surface area (Å²) in [5.74, 6) is 0.275. The molecular weight excluding hydrogens is 225 g/mol. The van der Waals surface area contributed by atoms with E-state index in [0.717, 1.165) is 10.9 Å². The van der Waals surface area contributed by atoms with Crippen molar-refractivity contribution in [2.24, 2.45) is 7.05 Å². The average Bonchev–Trinajstić information content (AvgIpc) is 3.17. The molecule has 0 saturated heterocycles. The molecule has 90 valence electrons. The van der Waals surface area contributed by atoms with Crippen molar-refractivity contribution >= 4 is 30.3 Å². The predicted octanol–water partition coefficient (Wildman–Crippen LogP) is 1.64. The number of benzene rings is 1. The molecule has 2 aromatic rings. The Morgan fingerprint density at radius 3 is 2.72 bits per heavy atom. The highest BCUT2D eigenvalue weighted by Gasteiger charge is 2.27. The van der Waals surface area contributed by atoms with Crippen LogP contribution >= 0.6 is 0 Å². The number of carbonyl (C=O) groups excluding carboxylic acids is 1. The number of rotatable bonds is 2. The van der Waals surface area contributed by atoms with Crippen LogP contribution in [0.1, 0.15) is 34.7 Å². The van der Waals surface area contributed by atoms with Crippen molar-refractivity contribution in [2.45, 2.75) is 18.8 Å². The van der Waals surface area contributed by atoms with Gasteiger partial charge in [-0.05, 0) is 48.1 Å². The van der Waals surface area contributed by atoms with E-state index in [1.165, 1.54) is 25.5 Å². The summed E-state index contributed by atoms with van der Waals surface area (Å²) in [6.45, 7) is 0. The third-order valence-electron chi connectivity index (χ3n) is 3.67. The number of hydrogen-bond acceptors (Lipinski definition) is 2. The Kier molecular flexibility index (Phi) is 2.47. The zero-order valence-electron chi connectivity index (χ0n) is 10.6. The Balaban J connectivity index is 2.28. The lowest BCUT2D eigenvalue weighted by molar-refractivity contribution is 0.0601. The zero-order valence-corrected chi connectivity index (χ0v) is 10.6. The van der Waals surface area contributed by atoms with Gasteiger partial charge in [-0.1, -0.05) is 0 Å². The topological polar surface area (TPSA) is 31.2 Å². The van der Waals surface area contributed by atoms with E-state index in [-0.39, 0.29) is 5.97 Å². The summed E-state index contributed by atoms with van der Waals surface area (Å²) in [4.78, 5) is 11.7. The molecule has 4 heteroatoms. The molecule has 2 radical (unpaired) electrons. The molecule has 0 bridgehead atoms. The minimum absolute atomic E-state index is 0.293. The second-order valence-corrected chi connectivity index (χ2v) is 4.89. The van der Waals surface area contributed by atoms with Crippen LogP contribution in [0.25, 0.3) is 10.9 Å². The molecule has 1 aliphatic carbocycles. The minimum Gasteiger partial charge on any atom is -0.465 e. The summed E-state index contributed by atoms with van der Waals surface area (Å²) in [7, 11) is 9.27. The third kappa shape index (κ3) is 1.64. The van der Waals surface area contributed by atoms with Crippen molar-refractivity contribution in [3.63, 3.8) is 0 Å². The van der Waals surface area contributed by atoms with Crippen molar-refractivity contribution in [1.82, 2.24) is 4.57 Å². The Labute approximate surface area is 107 Å². The second kappa shape index (κ2) is 3.90. The smallest absolute Gasteiger partial charge is 0.337 e. The van der Waals surface area contributed by atoms with Crippen LogP contribution in [0.2, 0.25) is 0 Å². The Hall–Kier alpha value is -1.71. The number of aryl methyl sites for hydroxylation is 1. The van der Waals surface area contributed by atoms with Crippen molar-refractivity contribution in [3.05, 3.63) is 29.3 Å². The van der Waals surface area contributed by atoms with Gasteiger partial charge in [-0.25, -0.2) is 4.79 Å². The lowest BCUT2D eigenvalue weighted by Crippen LogP contribution is -2.12. The number of ether oxygens (including phenoxy) is 1. The van der Waals surface area contributed by atoms with Gasteiger partial charge in [0.15, 0.2) is 0 Å². The molecule has 3 nitrogen and oxygen atoms in total. The Morgan fingerprint density at radius 2 is 2.11 bits per heavy atom. The molecule has 1 fully saturated rings. The molecule has 1 aliphatic rings. The van der Waals surface area contributed by atoms with Gasteiger partial charge in [-0.3, -0.25) is 0 Å². The van der Waals surface area contributed by atoms with Crippen LogP contribution in [0.4, 0.5) is 0 Å². The summed E-state index contributed by atoms with van der Waals surface area (Å²) >= 11 is 0. The molecule has 0 amide bonds. The van der Waals surface area contributed by atoms with Crippen molar-refractivity contribution in [1.29, 1.82) is 0 Å². The average molecular weight is 239 g/mol. The maximum Gasteiger partial charge on any atom is 0.337 e. The Bertz CT molecular complexity index is 641. The van der Waals surface area contributed by atoms with Crippen LogP contribution in [0.15, 0.2) is 18.2 Å². The number of hydrogen-bond donors (Lipinski definition) is 0. The maximum atomic E-state index is 11.7. The van der Waals surface area contributed by atoms with Gasteiger partial charge in [0.25, 0.3) is 0 Å². The monoisotopic (exact) mass is 239 g/mol. The summed E-state index contributed by atoms with van der Waals surface area (Å²) in [5.41, 5.74) is 3.54. The van der Waals surface area contributed by atoms with Crippen molar-refractivity contribution in [2.75, 3.05) is 7.11 Å². The standard InChI is InChI=1S/C14H14BNO2/c1-16-12-6-9(14(17)18-2)5-10(8-3-4-8)11(12)7-13(16)15/h5-8H,3-4H2,1-2H3. The van der Waals surface area contributed by atoms with E-state index in [0.29, 0.717) is 17.1 Å². The molecule has 1 aromatic carbocycles. The van der Waals surface area contributed by atoms with Crippen LogP contribution in [0.5, 0.6) is 0 Å². The molecular formula is C14H14BNO2. The van der Waals surface area contributed by atoms with Gasteiger partial charge in [0.2, 0.25) is 0 Å². The van der Waals surface area contributed by atoms with E-state index in [4.69, 9.17) is 12.6 Å². The maximum absolute atomic E-state index is 11.7. The summed E-state index contributed by atoms with van der Waals surface area (Å²) in [6, 6.07) is 5.79. The summed E-state index contributed by atoms with van der Waals surface area (Å²) in [5, 5.41) is 1.16. The molecule has 0 spiro atoms. The molecule has 1 saturated carbocycles. The van der Waals surface area contributed by atoms with Crippen molar-refractivity contribution in [3.8, 4) is 0 Å². The first-order valence-corrected chi connectivity index (χ1v) is 6.09. The fourth-order valence-corrected chi connectivity index (χ4v) is 2.45. The van der Waals surface area contributed by atoms with Gasteiger partial charge in [0.1, 0.15) is 7.85 Å². The number of carbonyl (C=O) groups is 1. The summed E-state index contributed by atoms with van der Waals surface area (Å²) in [6.07, 6.45) is 2.38. The summed E-state index contributed by atoms with van der Waals surface area (Å²) < 4.78 is 6.72. The Morgan fingerprint density at radius 1 is 1.39 bits per heavy atom. The van der Waals surface area contributed by atoms with Gasteiger partial charge < -0.3 is 9.30 Å². The molecule has 1 heterocycles. The zero-order chi connectivity index (χ0) is 12.9. The molecule has 0 atom stereocenters. The van der Waals surface area contributed by atoms with Gasteiger partial charge in [-0.15, -0.1) is 0 Å². The normalized spacial score (nSPS) is 15.0. The molecule has 3 rings (SSSR count). The number of esters is 1. The third-order valence-corrected chi connectivity index (χ3v) is 3.67. The number of fused-ring (bicyclic) bond motifs is 1. The van der Waals surface area contributed by atoms with Crippen LogP contribution in [0, 0.1) is 0 Å². The van der Waals surface area contributed by atoms with Crippen molar-refractivity contribution < 1.29 is 9.53 Å². The van der Waals surface area contributed by atoms with E-state index < -0.39 is 0 Å². The van der Waals surface area contributed by atoms with Gasteiger partial charge >= 0.3 is 5.97 Å². The number of aromatic nitrogens is 1. The molecule has 1 aromatic heterocycles. The molecule has 0 aliphatic heterocycles. The van der Waals surface area contributed by atoms with Crippen LogP contribution in [-0.4, -0.2) is 25.5 Å². The van der Waals surface area contributed by atoms with Gasteiger partial charge in [-0.2, -0.15) is 0 Å². The molecule has 0 unspecified atom stereocenters. The van der Waals surface area contributed by atoms with Crippen LogP contribution in [-0.2, 0) is 11.8 Å². The highest BCUT2D eigenvalue weighted by Crippen LogP contribution is 2.43. The van der Waals surface area contributed by atoms with E-state index in [1.54, 1.807) is 0 Å². The predicted molar refractivity (Wildman–Crippen MR) is 71.6 cm³/mol. The van der Waals surface area contributed by atoms with E-state index in [1.807, 2.05) is 29.8 Å². The minimum atomic E-state index is -0.293. The number of nitrogens with zero attached hydrogens (tertiary/aromatic N) is 1. The first-order chi connectivity index (χ1) is 8.61. The second-order valence-electron chi connectivity index (χ2n) is 4.89. The van der Waals surface area contributed by atoms with E-state index >= 15 is 0 Å². The fraction of sp³-hybridized carbons (Fsp3) is 0.357. The highest BCUT2D eigenvalue weighted by atomic mass is 16.5. The largest absolute Gasteiger partial charge is 0.465 e.